The van der Waals surface area contributed by atoms with Gasteiger partial charge >= 0.3 is 0 Å². The summed E-state index contributed by atoms with van der Waals surface area (Å²) < 4.78 is 2.52. The second-order valence-electron chi connectivity index (χ2n) is 11.3. The smallest absolute Gasteiger partial charge is 0.0655 e. The Balaban J connectivity index is 1.75. The van der Waals surface area contributed by atoms with Crippen molar-refractivity contribution in [1.29, 1.82) is 0 Å². The standard InChI is InChI=1S/C32H32ClNS/c1-31(2,3)21-11-15-24(16-12-21)34(25-17-13-22(14-18-25)32(4,5)6)28-20-23(33)19-27-26-9-7-8-10-29(26)35-30(27)28/h7-20H,1-6H3. The molecule has 0 spiro atoms. The summed E-state index contributed by atoms with van der Waals surface area (Å²) >= 11 is 8.58. The first-order valence-electron chi connectivity index (χ1n) is 12.1. The first-order chi connectivity index (χ1) is 16.5. The van der Waals surface area contributed by atoms with Crippen molar-refractivity contribution in [2.75, 3.05) is 4.90 Å². The van der Waals surface area contributed by atoms with Gasteiger partial charge in [0.2, 0.25) is 0 Å². The zero-order chi connectivity index (χ0) is 25.0. The van der Waals surface area contributed by atoms with Gasteiger partial charge in [0.1, 0.15) is 0 Å². The highest BCUT2D eigenvalue weighted by Crippen LogP contribution is 2.46. The third-order valence-corrected chi connectivity index (χ3v) is 8.07. The van der Waals surface area contributed by atoms with Gasteiger partial charge in [-0.1, -0.05) is 95.6 Å². The van der Waals surface area contributed by atoms with Crippen LogP contribution in [0, 0.1) is 0 Å². The van der Waals surface area contributed by atoms with Crippen molar-refractivity contribution in [3.05, 3.63) is 101 Å². The molecule has 0 unspecified atom stereocenters. The van der Waals surface area contributed by atoms with Gasteiger partial charge in [0, 0.05) is 31.9 Å². The lowest BCUT2D eigenvalue weighted by molar-refractivity contribution is 0.590. The maximum absolute atomic E-state index is 6.75. The minimum absolute atomic E-state index is 0.104. The summed E-state index contributed by atoms with van der Waals surface area (Å²) in [4.78, 5) is 2.35. The molecule has 1 aromatic heterocycles. The lowest BCUT2D eigenvalue weighted by Gasteiger charge is -2.28. The fourth-order valence-corrected chi connectivity index (χ4v) is 5.99. The minimum atomic E-state index is 0.104. The molecule has 3 heteroatoms. The molecule has 5 rings (SSSR count). The molecule has 0 radical (unpaired) electrons. The highest BCUT2D eigenvalue weighted by atomic mass is 35.5. The molecule has 5 aromatic rings. The molecule has 1 nitrogen and oxygen atoms in total. The summed E-state index contributed by atoms with van der Waals surface area (Å²) in [6.45, 7) is 13.5. The number of hydrogen-bond donors (Lipinski definition) is 0. The van der Waals surface area contributed by atoms with Gasteiger partial charge in [-0.2, -0.15) is 0 Å². The molecule has 0 bridgehead atoms. The van der Waals surface area contributed by atoms with E-state index in [9.17, 15) is 0 Å². The second kappa shape index (κ2) is 8.69. The largest absolute Gasteiger partial charge is 0.309 e. The van der Waals surface area contributed by atoms with Crippen LogP contribution in [0.3, 0.4) is 0 Å². The van der Waals surface area contributed by atoms with Crippen LogP contribution >= 0.6 is 22.9 Å². The number of anilines is 3. The normalized spacial score (nSPS) is 12.4. The predicted molar refractivity (Wildman–Crippen MR) is 156 cm³/mol. The summed E-state index contributed by atoms with van der Waals surface area (Å²) in [6, 6.07) is 30.7. The number of nitrogens with zero attached hydrogens (tertiary/aromatic N) is 1. The van der Waals surface area contributed by atoms with E-state index in [2.05, 4.69) is 131 Å². The zero-order valence-electron chi connectivity index (χ0n) is 21.3. The molecule has 0 amide bonds. The third-order valence-electron chi connectivity index (χ3n) is 6.65. The van der Waals surface area contributed by atoms with Crippen molar-refractivity contribution < 1.29 is 0 Å². The molecule has 178 valence electrons. The molecule has 0 aliphatic carbocycles. The van der Waals surface area contributed by atoms with Gasteiger partial charge in [0.15, 0.2) is 0 Å². The van der Waals surface area contributed by atoms with E-state index in [0.29, 0.717) is 0 Å². The highest BCUT2D eigenvalue weighted by Gasteiger charge is 2.21. The molecule has 0 atom stereocenters. The molecule has 0 aliphatic heterocycles. The van der Waals surface area contributed by atoms with Gasteiger partial charge in [0.05, 0.1) is 10.4 Å². The molecular formula is C32H32ClNS. The number of fused-ring (bicyclic) bond motifs is 3. The van der Waals surface area contributed by atoms with Gasteiger partial charge in [-0.3, -0.25) is 0 Å². The maximum atomic E-state index is 6.75. The molecule has 4 aromatic carbocycles. The number of hydrogen-bond acceptors (Lipinski definition) is 2. The van der Waals surface area contributed by atoms with Gasteiger partial charge in [-0.15, -0.1) is 11.3 Å². The lowest BCUT2D eigenvalue weighted by atomic mass is 9.86. The monoisotopic (exact) mass is 497 g/mol. The summed E-state index contributed by atoms with van der Waals surface area (Å²) in [5, 5.41) is 3.21. The first kappa shape index (κ1) is 23.9. The van der Waals surface area contributed by atoms with Crippen LogP contribution in [-0.2, 0) is 10.8 Å². The average Bonchev–Trinajstić information content (AvgIpc) is 3.17. The molecule has 0 fully saturated rings. The Bertz CT molecular complexity index is 1440. The van der Waals surface area contributed by atoms with Crippen molar-refractivity contribution in [3.63, 3.8) is 0 Å². The summed E-state index contributed by atoms with van der Waals surface area (Å²) in [7, 11) is 0. The highest BCUT2D eigenvalue weighted by molar-refractivity contribution is 7.26. The predicted octanol–water partition coefficient (Wildman–Crippen LogP) is 10.8. The van der Waals surface area contributed by atoms with Crippen LogP contribution in [-0.4, -0.2) is 0 Å². The van der Waals surface area contributed by atoms with Crippen molar-refractivity contribution in [2.24, 2.45) is 0 Å². The van der Waals surface area contributed by atoms with Crippen molar-refractivity contribution in [2.45, 2.75) is 52.4 Å². The van der Waals surface area contributed by atoms with E-state index in [1.807, 2.05) is 11.3 Å². The Hall–Kier alpha value is -2.81. The van der Waals surface area contributed by atoms with E-state index >= 15 is 0 Å². The van der Waals surface area contributed by atoms with Crippen LogP contribution < -0.4 is 4.90 Å². The van der Waals surface area contributed by atoms with Crippen LogP contribution in [0.15, 0.2) is 84.9 Å². The van der Waals surface area contributed by atoms with Crippen LogP contribution in [0.1, 0.15) is 52.7 Å². The first-order valence-corrected chi connectivity index (χ1v) is 13.3. The Kier molecular flexibility index (Phi) is 5.94. The zero-order valence-corrected chi connectivity index (χ0v) is 22.9. The van der Waals surface area contributed by atoms with Crippen LogP contribution in [0.4, 0.5) is 17.1 Å². The van der Waals surface area contributed by atoms with Crippen molar-refractivity contribution >= 4 is 60.2 Å². The van der Waals surface area contributed by atoms with E-state index < -0.39 is 0 Å². The Morgan fingerprint density at radius 2 is 1.14 bits per heavy atom. The van der Waals surface area contributed by atoms with Crippen LogP contribution in [0.25, 0.3) is 20.2 Å². The summed E-state index contributed by atoms with van der Waals surface area (Å²) in [5.74, 6) is 0. The Morgan fingerprint density at radius 3 is 1.66 bits per heavy atom. The molecule has 0 saturated carbocycles. The topological polar surface area (TPSA) is 3.24 Å². The maximum Gasteiger partial charge on any atom is 0.0655 e. The quantitative estimate of drug-likeness (QED) is 0.239. The number of halogens is 1. The van der Waals surface area contributed by atoms with E-state index in [4.69, 9.17) is 11.6 Å². The average molecular weight is 498 g/mol. The Morgan fingerprint density at radius 1 is 0.629 bits per heavy atom. The van der Waals surface area contributed by atoms with E-state index in [0.717, 1.165) is 22.1 Å². The molecule has 35 heavy (non-hydrogen) atoms. The van der Waals surface area contributed by atoms with Gasteiger partial charge < -0.3 is 4.90 Å². The number of rotatable bonds is 3. The van der Waals surface area contributed by atoms with Gasteiger partial charge in [0.25, 0.3) is 0 Å². The van der Waals surface area contributed by atoms with Crippen LogP contribution in [0.2, 0.25) is 5.02 Å². The summed E-state index contributed by atoms with van der Waals surface area (Å²) in [5.41, 5.74) is 6.22. The second-order valence-corrected chi connectivity index (χ2v) is 12.8. The Labute approximate surface area is 218 Å². The number of thiophene rings is 1. The fourth-order valence-electron chi connectivity index (χ4n) is 4.59. The van der Waals surface area contributed by atoms with E-state index in [1.165, 1.54) is 31.3 Å². The fraction of sp³-hybridized carbons (Fsp3) is 0.250. The van der Waals surface area contributed by atoms with E-state index in [-0.39, 0.29) is 10.8 Å². The molecule has 0 N–H and O–H groups in total. The number of benzene rings is 4. The van der Waals surface area contributed by atoms with Crippen molar-refractivity contribution in [3.8, 4) is 0 Å². The van der Waals surface area contributed by atoms with Gasteiger partial charge in [-0.05, 0) is 64.4 Å². The minimum Gasteiger partial charge on any atom is -0.309 e. The van der Waals surface area contributed by atoms with Crippen molar-refractivity contribution in [1.82, 2.24) is 0 Å². The lowest BCUT2D eigenvalue weighted by Crippen LogP contribution is -2.14. The van der Waals surface area contributed by atoms with Crippen LogP contribution in [0.5, 0.6) is 0 Å². The molecule has 0 aliphatic rings. The SMILES string of the molecule is CC(C)(C)c1ccc(N(c2ccc(C(C)(C)C)cc2)c2cc(Cl)cc3c2sc2ccccc23)cc1. The van der Waals surface area contributed by atoms with E-state index in [1.54, 1.807) is 0 Å². The molecule has 0 saturated heterocycles. The molecular weight excluding hydrogens is 466 g/mol. The third kappa shape index (κ3) is 4.58. The summed E-state index contributed by atoms with van der Waals surface area (Å²) in [6.07, 6.45) is 0. The van der Waals surface area contributed by atoms with Gasteiger partial charge in [-0.25, -0.2) is 0 Å². The molecule has 1 heterocycles.